The van der Waals surface area contributed by atoms with E-state index in [0.717, 1.165) is 19.3 Å². The van der Waals surface area contributed by atoms with Crippen molar-refractivity contribution in [3.8, 4) is 0 Å². The van der Waals surface area contributed by atoms with E-state index < -0.39 is 4.92 Å². The van der Waals surface area contributed by atoms with Gasteiger partial charge in [0.05, 0.1) is 4.92 Å². The maximum absolute atomic E-state index is 10.3. The molecule has 7 nitrogen and oxygen atoms in total. The molecule has 0 saturated heterocycles. The van der Waals surface area contributed by atoms with Crippen LogP contribution >= 0.6 is 0 Å². The van der Waals surface area contributed by atoms with Crippen LogP contribution in [0, 0.1) is 10.1 Å². The van der Waals surface area contributed by atoms with Crippen LogP contribution < -0.4 is 5.32 Å². The molecule has 0 bridgehead atoms. The van der Waals surface area contributed by atoms with Crippen molar-refractivity contribution in [1.82, 2.24) is 9.97 Å². The molecule has 0 aliphatic carbocycles. The lowest BCUT2D eigenvalue weighted by atomic mass is 10.2. The fourth-order valence-corrected chi connectivity index (χ4v) is 1.12. The van der Waals surface area contributed by atoms with E-state index in [1.807, 2.05) is 0 Å². The van der Waals surface area contributed by atoms with Gasteiger partial charge in [-0.2, -0.15) is 0 Å². The Balaban J connectivity index is 2.29. The molecule has 88 valence electrons. The van der Waals surface area contributed by atoms with Gasteiger partial charge in [-0.05, 0) is 19.3 Å². The van der Waals surface area contributed by atoms with E-state index in [1.54, 1.807) is 0 Å². The minimum Gasteiger partial charge on any atom is -0.396 e. The third-order valence-corrected chi connectivity index (χ3v) is 1.97. The van der Waals surface area contributed by atoms with Crippen LogP contribution in [-0.4, -0.2) is 33.1 Å². The third kappa shape index (κ3) is 4.18. The van der Waals surface area contributed by atoms with Crippen molar-refractivity contribution in [3.05, 3.63) is 22.5 Å². The van der Waals surface area contributed by atoms with Crippen LogP contribution in [0.1, 0.15) is 19.3 Å². The number of rotatable bonds is 7. The molecule has 16 heavy (non-hydrogen) atoms. The summed E-state index contributed by atoms with van der Waals surface area (Å²) in [5.74, 6) is 0.384. The Labute approximate surface area is 92.7 Å². The van der Waals surface area contributed by atoms with Gasteiger partial charge in [0.25, 0.3) is 0 Å². The molecule has 1 rings (SSSR count). The number of hydrogen-bond donors (Lipinski definition) is 2. The Morgan fingerprint density at radius 1 is 1.31 bits per heavy atom. The van der Waals surface area contributed by atoms with Gasteiger partial charge in [-0.1, -0.05) is 0 Å². The summed E-state index contributed by atoms with van der Waals surface area (Å²) >= 11 is 0. The fourth-order valence-electron chi connectivity index (χ4n) is 1.12. The Bertz CT molecular complexity index is 328. The van der Waals surface area contributed by atoms with Gasteiger partial charge in [-0.25, -0.2) is 9.97 Å². The van der Waals surface area contributed by atoms with Crippen LogP contribution in [0.5, 0.6) is 0 Å². The number of nitro groups is 1. The highest BCUT2D eigenvalue weighted by atomic mass is 16.6. The first-order valence-corrected chi connectivity index (χ1v) is 5.05. The van der Waals surface area contributed by atoms with Crippen molar-refractivity contribution in [2.75, 3.05) is 18.5 Å². The van der Waals surface area contributed by atoms with Crippen LogP contribution in [0.4, 0.5) is 11.6 Å². The quantitative estimate of drug-likeness (QED) is 0.408. The van der Waals surface area contributed by atoms with E-state index in [2.05, 4.69) is 15.3 Å². The van der Waals surface area contributed by atoms with Gasteiger partial charge in [-0.3, -0.25) is 10.1 Å². The average Bonchev–Trinajstić information content (AvgIpc) is 2.29. The first-order chi connectivity index (χ1) is 7.74. The molecule has 0 aliphatic heterocycles. The molecular formula is C9H14N4O3. The molecule has 2 N–H and O–H groups in total. The van der Waals surface area contributed by atoms with Crippen LogP contribution in [0.15, 0.2) is 12.4 Å². The number of hydrogen-bond acceptors (Lipinski definition) is 6. The Morgan fingerprint density at radius 2 is 2.00 bits per heavy atom. The molecule has 0 aliphatic rings. The number of nitrogens with zero attached hydrogens (tertiary/aromatic N) is 3. The van der Waals surface area contributed by atoms with Gasteiger partial charge in [0.15, 0.2) is 0 Å². The zero-order valence-corrected chi connectivity index (χ0v) is 8.80. The Kier molecular flexibility index (Phi) is 5.13. The number of nitrogens with one attached hydrogen (secondary N) is 1. The first-order valence-electron chi connectivity index (χ1n) is 5.05. The summed E-state index contributed by atoms with van der Waals surface area (Å²) in [6.45, 7) is 0.895. The molecule has 0 atom stereocenters. The molecule has 0 spiro atoms. The molecule has 0 unspecified atom stereocenters. The molecule has 1 aromatic rings. The van der Waals surface area contributed by atoms with Crippen LogP contribution in [-0.2, 0) is 0 Å². The van der Waals surface area contributed by atoms with Crippen molar-refractivity contribution in [2.24, 2.45) is 0 Å². The zero-order valence-electron chi connectivity index (χ0n) is 8.80. The van der Waals surface area contributed by atoms with E-state index >= 15 is 0 Å². The monoisotopic (exact) mass is 226 g/mol. The van der Waals surface area contributed by atoms with Crippen molar-refractivity contribution < 1.29 is 10.0 Å². The third-order valence-electron chi connectivity index (χ3n) is 1.97. The van der Waals surface area contributed by atoms with Gasteiger partial charge in [0.1, 0.15) is 12.4 Å². The van der Waals surface area contributed by atoms with Gasteiger partial charge in [0.2, 0.25) is 5.95 Å². The molecular weight excluding hydrogens is 212 g/mol. The molecule has 0 amide bonds. The van der Waals surface area contributed by atoms with Crippen molar-refractivity contribution in [3.63, 3.8) is 0 Å². The number of aromatic nitrogens is 2. The normalized spacial score (nSPS) is 10.1. The Hall–Kier alpha value is -1.76. The topological polar surface area (TPSA) is 101 Å². The number of aliphatic hydroxyl groups excluding tert-OH is 1. The number of unbranched alkanes of at least 4 members (excludes halogenated alkanes) is 2. The maximum atomic E-state index is 10.3. The second-order valence-electron chi connectivity index (χ2n) is 3.23. The summed E-state index contributed by atoms with van der Waals surface area (Å²) in [6, 6.07) is 0. The van der Waals surface area contributed by atoms with Gasteiger partial charge in [0, 0.05) is 13.2 Å². The molecule has 0 fully saturated rings. The number of anilines is 1. The second kappa shape index (κ2) is 6.67. The highest BCUT2D eigenvalue weighted by Crippen LogP contribution is 2.08. The first kappa shape index (κ1) is 12.3. The highest BCUT2D eigenvalue weighted by molar-refractivity contribution is 5.30. The summed E-state index contributed by atoms with van der Waals surface area (Å²) in [5, 5.41) is 21.8. The predicted molar refractivity (Wildman–Crippen MR) is 58.1 cm³/mol. The van der Waals surface area contributed by atoms with E-state index in [1.165, 1.54) is 12.4 Å². The molecule has 1 aromatic heterocycles. The lowest BCUT2D eigenvalue weighted by Gasteiger charge is -2.02. The lowest BCUT2D eigenvalue weighted by molar-refractivity contribution is -0.385. The SMILES string of the molecule is O=[N+]([O-])c1cnc(NCCCCCO)nc1. The Morgan fingerprint density at radius 3 is 2.56 bits per heavy atom. The van der Waals surface area contributed by atoms with Crippen LogP contribution in [0.25, 0.3) is 0 Å². The zero-order chi connectivity index (χ0) is 11.8. The van der Waals surface area contributed by atoms with Crippen LogP contribution in [0.2, 0.25) is 0 Å². The molecule has 0 radical (unpaired) electrons. The molecule has 7 heteroatoms. The highest BCUT2D eigenvalue weighted by Gasteiger charge is 2.05. The summed E-state index contributed by atoms with van der Waals surface area (Å²) in [4.78, 5) is 17.4. The summed E-state index contributed by atoms with van der Waals surface area (Å²) in [6.07, 6.45) is 4.95. The summed E-state index contributed by atoms with van der Waals surface area (Å²) < 4.78 is 0. The largest absolute Gasteiger partial charge is 0.396 e. The van der Waals surface area contributed by atoms with E-state index in [4.69, 9.17) is 5.11 Å². The number of aliphatic hydroxyl groups is 1. The van der Waals surface area contributed by atoms with E-state index in [-0.39, 0.29) is 12.3 Å². The minimum atomic E-state index is -0.537. The smallest absolute Gasteiger partial charge is 0.305 e. The molecule has 1 heterocycles. The van der Waals surface area contributed by atoms with Gasteiger partial charge >= 0.3 is 5.69 Å². The summed E-state index contributed by atoms with van der Waals surface area (Å²) in [7, 11) is 0. The van der Waals surface area contributed by atoms with Gasteiger partial charge in [-0.15, -0.1) is 0 Å². The van der Waals surface area contributed by atoms with Crippen molar-refractivity contribution >= 4 is 11.6 Å². The van der Waals surface area contributed by atoms with E-state index in [0.29, 0.717) is 12.5 Å². The molecule has 0 saturated carbocycles. The standard InChI is InChI=1S/C9H14N4O3/c14-5-3-1-2-4-10-9-11-6-8(7-12-9)13(15)16/h6-7,14H,1-5H2,(H,10,11,12). The second-order valence-corrected chi connectivity index (χ2v) is 3.23. The lowest BCUT2D eigenvalue weighted by Crippen LogP contribution is -2.05. The summed E-state index contributed by atoms with van der Waals surface area (Å²) in [5.41, 5.74) is -0.120. The van der Waals surface area contributed by atoms with Crippen LogP contribution in [0.3, 0.4) is 0 Å². The van der Waals surface area contributed by atoms with Crippen molar-refractivity contribution in [2.45, 2.75) is 19.3 Å². The maximum Gasteiger partial charge on any atom is 0.305 e. The van der Waals surface area contributed by atoms with E-state index in [9.17, 15) is 10.1 Å². The minimum absolute atomic E-state index is 0.120. The predicted octanol–water partition coefficient (Wildman–Crippen LogP) is 0.959. The average molecular weight is 226 g/mol. The molecule has 0 aromatic carbocycles. The van der Waals surface area contributed by atoms with Crippen molar-refractivity contribution in [1.29, 1.82) is 0 Å². The van der Waals surface area contributed by atoms with Gasteiger partial charge < -0.3 is 10.4 Å². The fraction of sp³-hybridized carbons (Fsp3) is 0.556.